The molecule has 44 heavy (non-hydrogen) atoms. The average Bonchev–Trinajstić information content (AvgIpc) is 3.72. The molecule has 0 spiro atoms. The number of aryl methyl sites for hydroxylation is 1. The number of ether oxygens (including phenoxy) is 1. The zero-order valence-electron chi connectivity index (χ0n) is 26.4. The second kappa shape index (κ2) is 14.1. The number of hydrogen-bond donors (Lipinski definition) is 3. The summed E-state index contributed by atoms with van der Waals surface area (Å²) < 4.78 is 7.21. The maximum Gasteiger partial charge on any atom is 0.407 e. The summed E-state index contributed by atoms with van der Waals surface area (Å²) in [6.45, 7) is 11.2. The Balaban J connectivity index is 1.06. The number of fused-ring (bicyclic) bond motifs is 1. The quantitative estimate of drug-likeness (QED) is 0.155. The number of carbonyl (C=O) groups is 2. The monoisotopic (exact) mass is 599 g/mol. The average molecular weight is 600 g/mol. The second-order valence-electron chi connectivity index (χ2n) is 12.7. The van der Waals surface area contributed by atoms with Gasteiger partial charge in [-0.15, -0.1) is 0 Å². The van der Waals surface area contributed by atoms with Gasteiger partial charge in [0.2, 0.25) is 0 Å². The van der Waals surface area contributed by atoms with Crippen LogP contribution >= 0.6 is 0 Å². The first-order chi connectivity index (χ1) is 21.1. The lowest BCUT2D eigenvalue weighted by molar-refractivity contribution is 0.0526. The number of carbonyl (C=O) groups excluding carboxylic acids is 2. The van der Waals surface area contributed by atoms with Crippen molar-refractivity contribution in [2.45, 2.75) is 91.0 Å². The van der Waals surface area contributed by atoms with Crippen molar-refractivity contribution < 1.29 is 14.3 Å². The Morgan fingerprint density at radius 2 is 1.84 bits per heavy atom. The zero-order chi connectivity index (χ0) is 31.1. The van der Waals surface area contributed by atoms with Crippen molar-refractivity contribution in [2.24, 2.45) is 0 Å². The molecule has 0 radical (unpaired) electrons. The summed E-state index contributed by atoms with van der Waals surface area (Å²) in [5.41, 5.74) is 4.71. The van der Waals surface area contributed by atoms with Gasteiger partial charge in [-0.05, 0) is 95.8 Å². The van der Waals surface area contributed by atoms with Gasteiger partial charge in [-0.25, -0.2) is 9.78 Å². The van der Waals surface area contributed by atoms with Gasteiger partial charge >= 0.3 is 6.09 Å². The molecule has 3 heterocycles. The molecule has 234 valence electrons. The molecule has 0 unspecified atom stereocenters. The molecule has 1 saturated heterocycles. The number of imidazole rings is 1. The maximum atomic E-state index is 13.0. The number of H-pyrrole nitrogens is 1. The second-order valence-corrected chi connectivity index (χ2v) is 12.7. The minimum absolute atomic E-state index is 0.154. The van der Waals surface area contributed by atoms with Crippen molar-refractivity contribution in [3.05, 3.63) is 66.2 Å². The first kappa shape index (κ1) is 31.3. The van der Waals surface area contributed by atoms with Crippen molar-refractivity contribution in [3.63, 3.8) is 0 Å². The highest BCUT2D eigenvalue weighted by Gasteiger charge is 2.21. The molecule has 0 saturated carbocycles. The third-order valence-corrected chi connectivity index (χ3v) is 7.93. The van der Waals surface area contributed by atoms with E-state index in [2.05, 4.69) is 32.5 Å². The van der Waals surface area contributed by atoms with Crippen LogP contribution in [0.5, 0.6) is 0 Å². The van der Waals surface area contributed by atoms with Crippen LogP contribution in [0.1, 0.15) is 82.4 Å². The minimum Gasteiger partial charge on any atom is -0.444 e. The number of benzene rings is 2. The molecule has 3 N–H and O–H groups in total. The van der Waals surface area contributed by atoms with Gasteiger partial charge in [-0.1, -0.05) is 25.0 Å². The lowest BCUT2D eigenvalue weighted by Gasteiger charge is -2.19. The van der Waals surface area contributed by atoms with E-state index in [0.717, 1.165) is 79.0 Å². The van der Waals surface area contributed by atoms with Crippen molar-refractivity contribution >= 4 is 28.7 Å². The molecule has 1 atom stereocenters. The molecule has 10 heteroatoms. The number of nitrogens with zero attached hydrogens (tertiary/aromatic N) is 4. The number of hydrogen-bond acceptors (Lipinski definition) is 6. The SMILES string of the molecule is C[C@H]1CCCN1Cc1nc2ccc(NC(=O)c3ccc(-c4cnn(CCCCCCNC(=O)OC(C)(C)C)c4)cc3)cc2[nH]1. The first-order valence-electron chi connectivity index (χ1n) is 15.8. The molecule has 10 nitrogen and oxygen atoms in total. The van der Waals surface area contributed by atoms with Crippen molar-refractivity contribution in [2.75, 3.05) is 18.4 Å². The Bertz CT molecular complexity index is 1550. The normalized spacial score (nSPS) is 15.5. The van der Waals surface area contributed by atoms with Crippen LogP contribution in [0.4, 0.5) is 10.5 Å². The zero-order valence-corrected chi connectivity index (χ0v) is 26.4. The number of nitrogens with one attached hydrogen (secondary N) is 3. The van der Waals surface area contributed by atoms with Crippen molar-refractivity contribution in [1.29, 1.82) is 0 Å². The third kappa shape index (κ3) is 8.69. The number of amides is 2. The fourth-order valence-electron chi connectivity index (χ4n) is 5.54. The van der Waals surface area contributed by atoms with Crippen LogP contribution in [-0.4, -0.2) is 61.4 Å². The predicted molar refractivity (Wildman–Crippen MR) is 174 cm³/mol. The lowest BCUT2D eigenvalue weighted by Crippen LogP contribution is -2.32. The molecule has 0 bridgehead atoms. The fourth-order valence-corrected chi connectivity index (χ4v) is 5.54. The third-order valence-electron chi connectivity index (χ3n) is 7.93. The first-order valence-corrected chi connectivity index (χ1v) is 15.8. The van der Waals surface area contributed by atoms with E-state index in [9.17, 15) is 9.59 Å². The summed E-state index contributed by atoms with van der Waals surface area (Å²) in [4.78, 5) is 35.3. The molecule has 2 amide bonds. The van der Waals surface area contributed by atoms with Crippen molar-refractivity contribution in [1.82, 2.24) is 30.0 Å². The molecule has 4 aromatic rings. The lowest BCUT2D eigenvalue weighted by atomic mass is 10.1. The highest BCUT2D eigenvalue weighted by Crippen LogP contribution is 2.23. The van der Waals surface area contributed by atoms with E-state index >= 15 is 0 Å². The van der Waals surface area contributed by atoms with Crippen LogP contribution in [0.3, 0.4) is 0 Å². The summed E-state index contributed by atoms with van der Waals surface area (Å²) in [7, 11) is 0. The standard InChI is InChI=1S/C34H45N7O3/c1-24-10-9-18-40(24)23-31-38-29-16-15-28(20-30(29)39-31)37-32(42)26-13-11-25(12-14-26)27-21-36-41(22-27)19-8-6-5-7-17-35-33(43)44-34(2,3)4/h11-16,20-22,24H,5-10,17-19,23H2,1-4H3,(H,35,43)(H,37,42)(H,38,39)/t24-/m0/s1. The van der Waals surface area contributed by atoms with Gasteiger partial charge in [0.1, 0.15) is 11.4 Å². The highest BCUT2D eigenvalue weighted by atomic mass is 16.6. The van der Waals surface area contributed by atoms with Gasteiger partial charge in [-0.2, -0.15) is 5.10 Å². The molecule has 5 rings (SSSR count). The smallest absolute Gasteiger partial charge is 0.407 e. The summed E-state index contributed by atoms with van der Waals surface area (Å²) >= 11 is 0. The maximum absolute atomic E-state index is 13.0. The number of aromatic amines is 1. The van der Waals surface area contributed by atoms with Gasteiger partial charge in [0.15, 0.2) is 0 Å². The number of anilines is 1. The highest BCUT2D eigenvalue weighted by molar-refractivity contribution is 6.05. The number of aromatic nitrogens is 4. The molecular weight excluding hydrogens is 554 g/mol. The molecule has 2 aromatic heterocycles. The van der Waals surface area contributed by atoms with Gasteiger partial charge in [-0.3, -0.25) is 14.4 Å². The largest absolute Gasteiger partial charge is 0.444 e. The molecule has 0 aliphatic carbocycles. The van der Waals surface area contributed by atoms with E-state index in [1.54, 1.807) is 0 Å². The Hall–Kier alpha value is -4.18. The summed E-state index contributed by atoms with van der Waals surface area (Å²) in [6, 6.07) is 14.0. The Morgan fingerprint density at radius 3 is 2.59 bits per heavy atom. The summed E-state index contributed by atoms with van der Waals surface area (Å²) in [5, 5.41) is 10.3. The molecule has 1 aliphatic rings. The van der Waals surface area contributed by atoms with Crippen LogP contribution < -0.4 is 10.6 Å². The number of alkyl carbamates (subject to hydrolysis) is 1. The van der Waals surface area contributed by atoms with Crippen LogP contribution in [0.15, 0.2) is 54.9 Å². The number of unbranched alkanes of at least 4 members (excludes halogenated alkanes) is 3. The van der Waals surface area contributed by atoms with Gasteiger partial charge in [0.25, 0.3) is 5.91 Å². The fraction of sp³-hybridized carbons (Fsp3) is 0.471. The van der Waals surface area contributed by atoms with Crippen LogP contribution in [0.2, 0.25) is 0 Å². The van der Waals surface area contributed by atoms with E-state index in [0.29, 0.717) is 18.2 Å². The molecule has 1 fully saturated rings. The Labute approximate surface area is 259 Å². The minimum atomic E-state index is -0.475. The van der Waals surface area contributed by atoms with E-state index in [-0.39, 0.29) is 12.0 Å². The Morgan fingerprint density at radius 1 is 1.05 bits per heavy atom. The van der Waals surface area contributed by atoms with Crippen molar-refractivity contribution in [3.8, 4) is 11.1 Å². The predicted octanol–water partition coefficient (Wildman–Crippen LogP) is 6.75. The van der Waals surface area contributed by atoms with Crippen LogP contribution in [0.25, 0.3) is 22.2 Å². The van der Waals surface area contributed by atoms with E-state index in [1.165, 1.54) is 12.8 Å². The van der Waals surface area contributed by atoms with Gasteiger partial charge in [0.05, 0.1) is 23.8 Å². The molecular formula is C34H45N7O3. The van der Waals surface area contributed by atoms with Crippen LogP contribution in [-0.2, 0) is 17.8 Å². The van der Waals surface area contributed by atoms with E-state index < -0.39 is 5.60 Å². The summed E-state index contributed by atoms with van der Waals surface area (Å²) in [6.07, 6.45) is 10.0. The Kier molecular flexibility index (Phi) is 9.99. The molecule has 2 aromatic carbocycles. The summed E-state index contributed by atoms with van der Waals surface area (Å²) in [5.74, 6) is 0.805. The van der Waals surface area contributed by atoms with Crippen LogP contribution in [0, 0.1) is 0 Å². The van der Waals surface area contributed by atoms with Gasteiger partial charge in [0, 0.05) is 42.1 Å². The topological polar surface area (TPSA) is 117 Å². The van der Waals surface area contributed by atoms with E-state index in [4.69, 9.17) is 9.72 Å². The van der Waals surface area contributed by atoms with E-state index in [1.807, 2.05) is 80.3 Å². The number of likely N-dealkylation sites (tertiary alicyclic amines) is 1. The van der Waals surface area contributed by atoms with Gasteiger partial charge < -0.3 is 20.4 Å². The molecule has 1 aliphatic heterocycles. The number of rotatable bonds is 12.